The first kappa shape index (κ1) is 41.4. The maximum absolute atomic E-state index is 12.3. The molecule has 3 heterocycles. The lowest BCUT2D eigenvalue weighted by molar-refractivity contribution is -0.144. The van der Waals surface area contributed by atoms with Crippen LogP contribution < -0.4 is 16.0 Å². The molecule has 3 aliphatic heterocycles. The molecule has 296 valence electrons. The molecular formula is C42H51Cl3N4O6. The van der Waals surface area contributed by atoms with Gasteiger partial charge >= 0.3 is 17.9 Å². The number of carboxylic acid groups (broad SMARTS) is 3. The molecule has 0 spiro atoms. The quantitative estimate of drug-likeness (QED) is 0.0851. The SMILES string of the molecule is O=C(O)[C@@H](Cc1ccc(Cl)c(CN(Cc2cc(C[C@H](C(=O)O)[C@H]3CCNC3)ccc2Cl)Cc2cc(C[C@H](C(=O)O)[C@H]3CCNC3)ccc2Cl)c1)[C@H]1CCNC1. The van der Waals surface area contributed by atoms with E-state index in [2.05, 4.69) is 20.9 Å². The van der Waals surface area contributed by atoms with Crippen molar-refractivity contribution in [2.45, 2.75) is 58.2 Å². The van der Waals surface area contributed by atoms with E-state index in [0.29, 0.717) is 73.6 Å². The van der Waals surface area contributed by atoms with Crippen LogP contribution in [0.15, 0.2) is 54.6 Å². The molecule has 0 aliphatic carbocycles. The van der Waals surface area contributed by atoms with Crippen LogP contribution >= 0.6 is 34.8 Å². The topological polar surface area (TPSA) is 151 Å². The summed E-state index contributed by atoms with van der Waals surface area (Å²) in [6.07, 6.45) is 3.61. The fourth-order valence-electron chi connectivity index (χ4n) is 8.71. The highest BCUT2D eigenvalue weighted by Gasteiger charge is 2.33. The summed E-state index contributed by atoms with van der Waals surface area (Å²) in [5.41, 5.74) is 5.15. The van der Waals surface area contributed by atoms with Crippen molar-refractivity contribution in [3.8, 4) is 0 Å². The molecule has 6 rings (SSSR count). The molecule has 0 unspecified atom stereocenters. The van der Waals surface area contributed by atoms with Gasteiger partial charge in [-0.15, -0.1) is 0 Å². The zero-order valence-corrected chi connectivity index (χ0v) is 33.2. The third-order valence-corrected chi connectivity index (χ3v) is 12.9. The van der Waals surface area contributed by atoms with Crippen LogP contribution in [0, 0.1) is 35.5 Å². The molecule has 6 atom stereocenters. The summed E-state index contributed by atoms with van der Waals surface area (Å²) in [6.45, 7) is 5.63. The molecule has 0 saturated carbocycles. The summed E-state index contributed by atoms with van der Waals surface area (Å²) in [6, 6.07) is 17.1. The van der Waals surface area contributed by atoms with Crippen LogP contribution in [0.5, 0.6) is 0 Å². The number of aliphatic carboxylic acids is 3. The van der Waals surface area contributed by atoms with Crippen LogP contribution in [0.4, 0.5) is 0 Å². The molecule has 0 radical (unpaired) electrons. The van der Waals surface area contributed by atoms with Gasteiger partial charge in [-0.1, -0.05) is 71.2 Å². The van der Waals surface area contributed by atoms with Gasteiger partial charge in [0.2, 0.25) is 0 Å². The fraction of sp³-hybridized carbons (Fsp3) is 0.500. The first-order chi connectivity index (χ1) is 26.4. The molecule has 3 aliphatic rings. The summed E-state index contributed by atoms with van der Waals surface area (Å²) in [7, 11) is 0. The Labute approximate surface area is 337 Å². The van der Waals surface area contributed by atoms with E-state index in [9.17, 15) is 29.7 Å². The molecule has 55 heavy (non-hydrogen) atoms. The highest BCUT2D eigenvalue weighted by molar-refractivity contribution is 6.32. The summed E-state index contributed by atoms with van der Waals surface area (Å²) < 4.78 is 0. The van der Waals surface area contributed by atoms with Crippen molar-refractivity contribution in [2.75, 3.05) is 39.3 Å². The maximum atomic E-state index is 12.3. The third-order valence-electron chi connectivity index (χ3n) is 11.8. The summed E-state index contributed by atoms with van der Waals surface area (Å²) in [5.74, 6) is -3.83. The monoisotopic (exact) mass is 812 g/mol. The molecule has 6 N–H and O–H groups in total. The molecule has 3 aromatic carbocycles. The molecular weight excluding hydrogens is 763 g/mol. The van der Waals surface area contributed by atoms with Gasteiger partial charge in [0.15, 0.2) is 0 Å². The predicted molar refractivity (Wildman–Crippen MR) is 215 cm³/mol. The number of rotatable bonds is 18. The normalized spacial score (nSPS) is 21.5. The molecule has 0 bridgehead atoms. The third kappa shape index (κ3) is 11.0. The standard InChI is InChI=1S/C42H51Cl3N4O6/c43-37-4-1-25(16-34(40(50)51)28-7-10-46-19-28)13-31(37)22-49(23-32-14-26(2-5-38(32)44)17-35(41(52)53)29-8-11-47-20-29)24-33-15-27(3-6-39(33)45)18-36(42(54)55)30-9-12-48-21-30/h1-6,13-15,28-30,34-36,46-48H,7-12,16-24H2,(H,50,51)(H,52,53)(H,54,55)/t28-,29-,30-,34-,35-,36-/m0/s1. The van der Waals surface area contributed by atoms with Gasteiger partial charge in [0.05, 0.1) is 17.8 Å². The summed E-state index contributed by atoms with van der Waals surface area (Å²) in [5, 5.41) is 41.9. The average Bonchev–Trinajstić information content (AvgIpc) is 3.97. The van der Waals surface area contributed by atoms with Crippen LogP contribution in [0.3, 0.4) is 0 Å². The maximum Gasteiger partial charge on any atom is 0.307 e. The zero-order chi connectivity index (χ0) is 39.1. The van der Waals surface area contributed by atoms with Crippen molar-refractivity contribution >= 4 is 52.7 Å². The first-order valence-corrected chi connectivity index (χ1v) is 20.4. The number of nitrogens with zero attached hydrogens (tertiary/aromatic N) is 1. The molecule has 3 aromatic rings. The van der Waals surface area contributed by atoms with Gasteiger partial charge in [-0.05, 0) is 147 Å². The van der Waals surface area contributed by atoms with E-state index in [-0.39, 0.29) is 17.8 Å². The average molecular weight is 814 g/mol. The lowest BCUT2D eigenvalue weighted by atomic mass is 9.85. The van der Waals surface area contributed by atoms with Gasteiger partial charge in [-0.25, -0.2) is 0 Å². The highest BCUT2D eigenvalue weighted by Crippen LogP contribution is 2.32. The van der Waals surface area contributed by atoms with Gasteiger partial charge in [-0.2, -0.15) is 0 Å². The van der Waals surface area contributed by atoms with E-state index in [1.54, 1.807) is 0 Å². The van der Waals surface area contributed by atoms with Crippen molar-refractivity contribution in [2.24, 2.45) is 35.5 Å². The van der Waals surface area contributed by atoms with Gasteiger partial charge in [0, 0.05) is 34.7 Å². The van der Waals surface area contributed by atoms with Gasteiger partial charge in [0.25, 0.3) is 0 Å². The number of carboxylic acids is 3. The predicted octanol–water partition coefficient (Wildman–Crippen LogP) is 6.41. The number of benzene rings is 3. The Kier molecular flexibility index (Phi) is 14.5. The lowest BCUT2D eigenvalue weighted by Gasteiger charge is -2.26. The van der Waals surface area contributed by atoms with Crippen LogP contribution in [-0.2, 0) is 53.3 Å². The number of carbonyl (C=O) groups is 3. The minimum atomic E-state index is -0.806. The largest absolute Gasteiger partial charge is 0.481 e. The second-order valence-corrected chi connectivity index (χ2v) is 16.8. The summed E-state index contributed by atoms with van der Waals surface area (Å²) in [4.78, 5) is 39.2. The van der Waals surface area contributed by atoms with Crippen LogP contribution in [0.2, 0.25) is 15.1 Å². The van der Waals surface area contributed by atoms with Crippen molar-refractivity contribution < 1.29 is 29.7 Å². The Bertz CT molecular complexity index is 1620. The highest BCUT2D eigenvalue weighted by atomic mass is 35.5. The zero-order valence-electron chi connectivity index (χ0n) is 30.9. The van der Waals surface area contributed by atoms with Gasteiger partial charge in [-0.3, -0.25) is 19.3 Å². The van der Waals surface area contributed by atoms with E-state index < -0.39 is 35.7 Å². The number of nitrogens with one attached hydrogen (secondary N) is 3. The number of hydrogen-bond acceptors (Lipinski definition) is 7. The van der Waals surface area contributed by atoms with Crippen LogP contribution in [0.1, 0.15) is 52.6 Å². The van der Waals surface area contributed by atoms with Gasteiger partial charge in [0.1, 0.15) is 0 Å². The smallest absolute Gasteiger partial charge is 0.307 e. The van der Waals surface area contributed by atoms with E-state index in [0.717, 1.165) is 72.3 Å². The Morgan fingerprint density at radius 3 is 1.07 bits per heavy atom. The van der Waals surface area contributed by atoms with Crippen molar-refractivity contribution in [3.05, 3.63) is 103 Å². The Morgan fingerprint density at radius 1 is 0.545 bits per heavy atom. The second kappa shape index (κ2) is 19.3. The minimum Gasteiger partial charge on any atom is -0.481 e. The minimum absolute atomic E-state index is 0.0493. The Balaban J connectivity index is 1.29. The Morgan fingerprint density at radius 2 is 0.836 bits per heavy atom. The van der Waals surface area contributed by atoms with Crippen molar-refractivity contribution in [3.63, 3.8) is 0 Å². The molecule has 3 fully saturated rings. The van der Waals surface area contributed by atoms with E-state index in [4.69, 9.17) is 34.8 Å². The van der Waals surface area contributed by atoms with Crippen molar-refractivity contribution in [1.82, 2.24) is 20.9 Å². The summed E-state index contributed by atoms with van der Waals surface area (Å²) >= 11 is 20.6. The molecule has 0 amide bonds. The van der Waals surface area contributed by atoms with Crippen LogP contribution in [0.25, 0.3) is 0 Å². The van der Waals surface area contributed by atoms with E-state index in [1.165, 1.54) is 0 Å². The fourth-order valence-corrected chi connectivity index (χ4v) is 9.24. The second-order valence-electron chi connectivity index (χ2n) is 15.6. The molecule has 10 nitrogen and oxygen atoms in total. The lowest BCUT2D eigenvalue weighted by Crippen LogP contribution is -2.28. The Hall–Kier alpha value is -3.22. The van der Waals surface area contributed by atoms with E-state index >= 15 is 0 Å². The first-order valence-electron chi connectivity index (χ1n) is 19.3. The van der Waals surface area contributed by atoms with Crippen molar-refractivity contribution in [1.29, 1.82) is 0 Å². The molecule has 0 aromatic heterocycles. The molecule has 13 heteroatoms. The van der Waals surface area contributed by atoms with Gasteiger partial charge < -0.3 is 31.3 Å². The molecule has 3 saturated heterocycles. The van der Waals surface area contributed by atoms with Crippen LogP contribution in [-0.4, -0.2) is 77.4 Å². The number of hydrogen-bond donors (Lipinski definition) is 6. The van der Waals surface area contributed by atoms with E-state index in [1.807, 2.05) is 54.6 Å². The number of halogens is 3.